The second kappa shape index (κ2) is 7.34. The van der Waals surface area contributed by atoms with Gasteiger partial charge < -0.3 is 15.5 Å². The Kier molecular flexibility index (Phi) is 4.71. The SMILES string of the molecule is Cc1nc(C(=O)N2CCN(c3cnc(=O)[nH]c3N)CC2)nn1-c1ccc(F)cc1. The van der Waals surface area contributed by atoms with Gasteiger partial charge in [-0.25, -0.2) is 18.9 Å². The summed E-state index contributed by atoms with van der Waals surface area (Å²) in [6.07, 6.45) is 1.43. The Morgan fingerprint density at radius 2 is 1.86 bits per heavy atom. The van der Waals surface area contributed by atoms with Gasteiger partial charge in [0.2, 0.25) is 5.82 Å². The molecule has 1 aliphatic heterocycles. The van der Waals surface area contributed by atoms with E-state index in [0.29, 0.717) is 43.4 Å². The maximum Gasteiger partial charge on any atom is 0.346 e. The minimum atomic E-state index is -0.502. The number of H-pyrrole nitrogens is 1. The van der Waals surface area contributed by atoms with E-state index >= 15 is 0 Å². The van der Waals surface area contributed by atoms with Gasteiger partial charge in [0.05, 0.1) is 17.6 Å². The lowest BCUT2D eigenvalue weighted by atomic mass is 10.2. The summed E-state index contributed by atoms with van der Waals surface area (Å²) in [6, 6.07) is 5.81. The topological polar surface area (TPSA) is 126 Å². The molecule has 0 radical (unpaired) electrons. The fourth-order valence-corrected chi connectivity index (χ4v) is 3.25. The van der Waals surface area contributed by atoms with Crippen LogP contribution in [0.15, 0.2) is 35.3 Å². The van der Waals surface area contributed by atoms with Gasteiger partial charge in [0.25, 0.3) is 5.91 Å². The van der Waals surface area contributed by atoms with Crippen molar-refractivity contribution in [1.82, 2.24) is 29.6 Å². The van der Waals surface area contributed by atoms with E-state index in [1.807, 2.05) is 4.90 Å². The molecule has 1 aromatic carbocycles. The summed E-state index contributed by atoms with van der Waals surface area (Å²) in [4.78, 5) is 38.1. The molecule has 11 heteroatoms. The molecular formula is C18H19FN8O2. The first-order valence-corrected chi connectivity index (χ1v) is 9.01. The predicted octanol–water partition coefficient (Wildman–Crippen LogP) is 0.343. The molecule has 3 N–H and O–H groups in total. The van der Waals surface area contributed by atoms with Crippen LogP contribution in [0.5, 0.6) is 0 Å². The molecule has 0 aliphatic carbocycles. The number of aromatic nitrogens is 5. The third-order valence-electron chi connectivity index (χ3n) is 4.76. The zero-order chi connectivity index (χ0) is 20.5. The Balaban J connectivity index is 1.47. The Morgan fingerprint density at radius 1 is 1.17 bits per heavy atom. The molecule has 1 fully saturated rings. The van der Waals surface area contributed by atoms with Crippen molar-refractivity contribution >= 4 is 17.4 Å². The van der Waals surface area contributed by atoms with Crippen molar-refractivity contribution in [2.75, 3.05) is 36.8 Å². The van der Waals surface area contributed by atoms with E-state index in [9.17, 15) is 14.0 Å². The highest BCUT2D eigenvalue weighted by atomic mass is 19.1. The molecular weight excluding hydrogens is 379 g/mol. The molecule has 1 saturated heterocycles. The van der Waals surface area contributed by atoms with Gasteiger partial charge in [-0.15, -0.1) is 5.10 Å². The summed E-state index contributed by atoms with van der Waals surface area (Å²) in [6.45, 7) is 3.68. The molecule has 0 bridgehead atoms. The number of carbonyl (C=O) groups excluding carboxylic acids is 1. The van der Waals surface area contributed by atoms with Crippen LogP contribution < -0.4 is 16.3 Å². The number of nitrogens with zero attached hydrogens (tertiary/aromatic N) is 6. The van der Waals surface area contributed by atoms with Gasteiger partial charge >= 0.3 is 5.69 Å². The quantitative estimate of drug-likeness (QED) is 0.652. The van der Waals surface area contributed by atoms with E-state index in [1.54, 1.807) is 24.0 Å². The summed E-state index contributed by atoms with van der Waals surface area (Å²) in [5, 5.41) is 4.29. The van der Waals surface area contributed by atoms with Crippen LogP contribution in [0.2, 0.25) is 0 Å². The standard InChI is InChI=1S/C18H19FN8O2/c1-11-22-16(24-27(11)13-4-2-12(19)3-5-13)17(28)26-8-6-25(7-9-26)14-10-21-18(29)23-15(14)20/h2-5,10H,6-9H2,1H3,(H3,20,21,23,29). The Hall–Kier alpha value is -3.76. The molecule has 3 heterocycles. The van der Waals surface area contributed by atoms with Crippen molar-refractivity contribution in [3.05, 3.63) is 58.4 Å². The zero-order valence-corrected chi connectivity index (χ0v) is 15.7. The third kappa shape index (κ3) is 3.66. The number of hydrogen-bond donors (Lipinski definition) is 2. The molecule has 150 valence electrons. The normalized spacial score (nSPS) is 14.3. The highest BCUT2D eigenvalue weighted by Crippen LogP contribution is 2.20. The average Bonchev–Trinajstić information content (AvgIpc) is 3.10. The van der Waals surface area contributed by atoms with Crippen molar-refractivity contribution in [3.63, 3.8) is 0 Å². The predicted molar refractivity (Wildman–Crippen MR) is 103 cm³/mol. The number of amides is 1. The molecule has 0 saturated carbocycles. The smallest absolute Gasteiger partial charge is 0.346 e. The molecule has 29 heavy (non-hydrogen) atoms. The number of nitrogens with two attached hydrogens (primary N) is 1. The van der Waals surface area contributed by atoms with E-state index in [1.165, 1.54) is 23.0 Å². The number of anilines is 2. The van der Waals surface area contributed by atoms with E-state index < -0.39 is 5.69 Å². The Morgan fingerprint density at radius 3 is 2.52 bits per heavy atom. The van der Waals surface area contributed by atoms with E-state index in [2.05, 4.69) is 20.1 Å². The van der Waals surface area contributed by atoms with Crippen LogP contribution in [-0.4, -0.2) is 61.7 Å². The lowest BCUT2D eigenvalue weighted by molar-refractivity contribution is 0.0734. The highest BCUT2D eigenvalue weighted by Gasteiger charge is 2.26. The molecule has 0 spiro atoms. The molecule has 0 atom stereocenters. The van der Waals surface area contributed by atoms with Gasteiger partial charge in [-0.2, -0.15) is 4.98 Å². The lowest BCUT2D eigenvalue weighted by Gasteiger charge is -2.35. The third-order valence-corrected chi connectivity index (χ3v) is 4.76. The van der Waals surface area contributed by atoms with Crippen LogP contribution in [0, 0.1) is 12.7 Å². The molecule has 4 rings (SSSR count). The number of rotatable bonds is 3. The summed E-state index contributed by atoms with van der Waals surface area (Å²) < 4.78 is 14.6. The first-order valence-electron chi connectivity index (χ1n) is 9.01. The van der Waals surface area contributed by atoms with Crippen molar-refractivity contribution in [2.24, 2.45) is 0 Å². The van der Waals surface area contributed by atoms with Gasteiger partial charge in [0.15, 0.2) is 0 Å². The number of halogens is 1. The minimum absolute atomic E-state index is 0.0884. The number of benzene rings is 1. The van der Waals surface area contributed by atoms with Gasteiger partial charge in [0.1, 0.15) is 17.5 Å². The fourth-order valence-electron chi connectivity index (χ4n) is 3.25. The minimum Gasteiger partial charge on any atom is -0.383 e. The number of nitrogen functional groups attached to an aromatic ring is 1. The zero-order valence-electron chi connectivity index (χ0n) is 15.7. The van der Waals surface area contributed by atoms with Crippen molar-refractivity contribution in [3.8, 4) is 5.69 Å². The van der Waals surface area contributed by atoms with Crippen LogP contribution in [0.1, 0.15) is 16.4 Å². The van der Waals surface area contributed by atoms with Crippen molar-refractivity contribution < 1.29 is 9.18 Å². The maximum absolute atomic E-state index is 13.1. The van der Waals surface area contributed by atoms with Crippen LogP contribution in [0.25, 0.3) is 5.69 Å². The van der Waals surface area contributed by atoms with Gasteiger partial charge in [-0.3, -0.25) is 9.78 Å². The Labute approximate surface area is 164 Å². The molecule has 1 amide bonds. The van der Waals surface area contributed by atoms with Crippen LogP contribution >= 0.6 is 0 Å². The largest absolute Gasteiger partial charge is 0.383 e. The number of aromatic amines is 1. The van der Waals surface area contributed by atoms with Gasteiger partial charge in [-0.1, -0.05) is 0 Å². The van der Waals surface area contributed by atoms with Crippen molar-refractivity contribution in [1.29, 1.82) is 0 Å². The van der Waals surface area contributed by atoms with Gasteiger partial charge in [-0.05, 0) is 31.2 Å². The fraction of sp³-hybridized carbons (Fsp3) is 0.278. The second-order valence-electron chi connectivity index (χ2n) is 6.64. The van der Waals surface area contributed by atoms with Crippen LogP contribution in [0.3, 0.4) is 0 Å². The summed E-state index contributed by atoms with van der Waals surface area (Å²) in [5.41, 5.74) is 6.61. The number of carbonyl (C=O) groups is 1. The number of aryl methyl sites for hydroxylation is 1. The van der Waals surface area contributed by atoms with E-state index in [-0.39, 0.29) is 23.4 Å². The summed E-state index contributed by atoms with van der Waals surface area (Å²) in [5.74, 6) is 0.247. The van der Waals surface area contributed by atoms with E-state index in [4.69, 9.17) is 5.73 Å². The first-order chi connectivity index (χ1) is 13.9. The number of piperazine rings is 1. The number of hydrogen-bond acceptors (Lipinski definition) is 7. The lowest BCUT2D eigenvalue weighted by Crippen LogP contribution is -2.49. The average molecular weight is 398 g/mol. The molecule has 3 aromatic rings. The molecule has 2 aromatic heterocycles. The summed E-state index contributed by atoms with van der Waals surface area (Å²) in [7, 11) is 0. The second-order valence-corrected chi connectivity index (χ2v) is 6.64. The Bertz CT molecular complexity index is 1100. The number of nitrogens with one attached hydrogen (secondary N) is 1. The molecule has 10 nitrogen and oxygen atoms in total. The maximum atomic E-state index is 13.1. The van der Waals surface area contributed by atoms with Crippen LogP contribution in [0.4, 0.5) is 15.9 Å². The highest BCUT2D eigenvalue weighted by molar-refractivity contribution is 5.90. The first kappa shape index (κ1) is 18.6. The van der Waals surface area contributed by atoms with E-state index in [0.717, 1.165) is 0 Å². The van der Waals surface area contributed by atoms with Crippen LogP contribution in [-0.2, 0) is 0 Å². The monoisotopic (exact) mass is 398 g/mol. The van der Waals surface area contributed by atoms with Crippen molar-refractivity contribution in [2.45, 2.75) is 6.92 Å². The summed E-state index contributed by atoms with van der Waals surface area (Å²) >= 11 is 0. The molecule has 0 unspecified atom stereocenters. The van der Waals surface area contributed by atoms with Gasteiger partial charge in [0, 0.05) is 26.2 Å². The molecule has 1 aliphatic rings.